The number of nitrogens with zero attached hydrogens (tertiary/aromatic N) is 1. The summed E-state index contributed by atoms with van der Waals surface area (Å²) in [4.78, 5) is 12.6. The molecule has 0 atom stereocenters. The van der Waals surface area contributed by atoms with Gasteiger partial charge in [-0.15, -0.1) is 11.6 Å². The normalized spacial score (nSPS) is 11.0. The second-order valence-electron chi connectivity index (χ2n) is 8.32. The van der Waals surface area contributed by atoms with Crippen molar-refractivity contribution < 1.29 is 9.53 Å². The van der Waals surface area contributed by atoms with Crippen molar-refractivity contribution in [1.82, 2.24) is 4.57 Å². The zero-order chi connectivity index (χ0) is 23.4. The molecule has 0 saturated heterocycles. The monoisotopic (exact) mass is 460 g/mol. The van der Waals surface area contributed by atoms with Crippen molar-refractivity contribution in [2.75, 3.05) is 18.3 Å². The Morgan fingerprint density at radius 2 is 1.76 bits per heavy atom. The van der Waals surface area contributed by atoms with Gasteiger partial charge in [0.2, 0.25) is 0 Å². The van der Waals surface area contributed by atoms with E-state index >= 15 is 0 Å². The highest BCUT2D eigenvalue weighted by Gasteiger charge is 2.12. The van der Waals surface area contributed by atoms with Gasteiger partial charge in [-0.3, -0.25) is 4.79 Å². The Labute approximate surface area is 200 Å². The summed E-state index contributed by atoms with van der Waals surface area (Å²) in [6.45, 7) is 5.31. The summed E-state index contributed by atoms with van der Waals surface area (Å²) in [5, 5.41) is 4.22. The third-order valence-electron chi connectivity index (χ3n) is 6.17. The van der Waals surface area contributed by atoms with Crippen LogP contribution < -0.4 is 10.1 Å². The molecule has 4 aromatic rings. The lowest BCUT2D eigenvalue weighted by Crippen LogP contribution is -2.11. The van der Waals surface area contributed by atoms with Gasteiger partial charge in [0.1, 0.15) is 5.75 Å². The highest BCUT2D eigenvalue weighted by molar-refractivity contribution is 6.17. The van der Waals surface area contributed by atoms with Crippen LogP contribution in [0.4, 0.5) is 5.69 Å². The maximum absolute atomic E-state index is 12.6. The molecular weight excluding hydrogens is 432 g/mol. The fourth-order valence-corrected chi connectivity index (χ4v) is 4.35. The molecule has 0 aliphatic carbocycles. The van der Waals surface area contributed by atoms with Gasteiger partial charge in [-0.25, -0.2) is 0 Å². The molecule has 0 bridgehead atoms. The third kappa shape index (κ3) is 5.07. The molecule has 0 spiro atoms. The van der Waals surface area contributed by atoms with E-state index in [1.807, 2.05) is 42.5 Å². The van der Waals surface area contributed by atoms with E-state index in [0.717, 1.165) is 19.4 Å². The SMILES string of the molecule is COc1cccc(NC(=O)c2ccc(Cc3ccc4c(c3)c(C)c(C)n4CCCCl)cc2)c1. The minimum Gasteiger partial charge on any atom is -0.497 e. The molecular formula is C28H29ClN2O2. The number of benzene rings is 3. The van der Waals surface area contributed by atoms with Gasteiger partial charge in [0.05, 0.1) is 7.11 Å². The molecule has 33 heavy (non-hydrogen) atoms. The lowest BCUT2D eigenvalue weighted by molar-refractivity contribution is 0.102. The number of fused-ring (bicyclic) bond motifs is 1. The second-order valence-corrected chi connectivity index (χ2v) is 8.69. The van der Waals surface area contributed by atoms with E-state index in [2.05, 4.69) is 41.9 Å². The first kappa shape index (κ1) is 22.9. The summed E-state index contributed by atoms with van der Waals surface area (Å²) in [5.74, 6) is 1.24. The van der Waals surface area contributed by atoms with E-state index in [1.165, 1.54) is 33.3 Å². The smallest absolute Gasteiger partial charge is 0.255 e. The third-order valence-corrected chi connectivity index (χ3v) is 6.44. The Morgan fingerprint density at radius 3 is 2.48 bits per heavy atom. The van der Waals surface area contributed by atoms with Crippen molar-refractivity contribution in [3.05, 3.63) is 94.7 Å². The predicted molar refractivity (Wildman–Crippen MR) is 137 cm³/mol. The number of rotatable bonds is 8. The van der Waals surface area contributed by atoms with Crippen LogP contribution in [0.15, 0.2) is 66.7 Å². The summed E-state index contributed by atoms with van der Waals surface area (Å²) >= 11 is 5.92. The van der Waals surface area contributed by atoms with E-state index < -0.39 is 0 Å². The highest BCUT2D eigenvalue weighted by atomic mass is 35.5. The number of aryl methyl sites for hydroxylation is 2. The predicted octanol–water partition coefficient (Wildman–Crippen LogP) is 6.74. The number of carbonyl (C=O) groups is 1. The number of halogens is 1. The van der Waals surface area contributed by atoms with Crippen molar-refractivity contribution >= 4 is 34.1 Å². The molecule has 1 heterocycles. The van der Waals surface area contributed by atoms with Crippen molar-refractivity contribution in [3.8, 4) is 5.75 Å². The Morgan fingerprint density at radius 1 is 1.00 bits per heavy atom. The number of ether oxygens (including phenoxy) is 1. The first-order chi connectivity index (χ1) is 16.0. The zero-order valence-corrected chi connectivity index (χ0v) is 20.1. The highest BCUT2D eigenvalue weighted by Crippen LogP contribution is 2.27. The maximum Gasteiger partial charge on any atom is 0.255 e. The summed E-state index contributed by atoms with van der Waals surface area (Å²) in [6, 6.07) is 21.8. The van der Waals surface area contributed by atoms with Gasteiger partial charge in [0, 0.05) is 46.3 Å². The van der Waals surface area contributed by atoms with Crippen LogP contribution in [0.2, 0.25) is 0 Å². The number of alkyl halides is 1. The number of hydrogen-bond acceptors (Lipinski definition) is 2. The van der Waals surface area contributed by atoms with Gasteiger partial charge in [0.25, 0.3) is 5.91 Å². The van der Waals surface area contributed by atoms with Gasteiger partial charge >= 0.3 is 0 Å². The van der Waals surface area contributed by atoms with Gasteiger partial charge in [0.15, 0.2) is 0 Å². The summed E-state index contributed by atoms with van der Waals surface area (Å²) in [5.41, 5.74) is 7.66. The number of amides is 1. The van der Waals surface area contributed by atoms with Crippen LogP contribution >= 0.6 is 11.6 Å². The molecule has 0 unspecified atom stereocenters. The van der Waals surface area contributed by atoms with E-state index in [9.17, 15) is 4.79 Å². The lowest BCUT2D eigenvalue weighted by Gasteiger charge is -2.09. The fraction of sp³-hybridized carbons (Fsp3) is 0.250. The van der Waals surface area contributed by atoms with Gasteiger partial charge < -0.3 is 14.6 Å². The standard InChI is InChI=1S/C28H29ClN2O2/c1-19-20(2)31(15-5-14-29)27-13-10-22(17-26(19)27)16-21-8-11-23(12-9-21)28(32)30-24-6-4-7-25(18-24)33-3/h4,6-13,17-18H,5,14-16H2,1-3H3,(H,30,32). The van der Waals surface area contributed by atoms with Crippen LogP contribution in [0.3, 0.4) is 0 Å². The Hall–Kier alpha value is -3.24. The summed E-state index contributed by atoms with van der Waals surface area (Å²) < 4.78 is 7.58. The Bertz CT molecular complexity index is 1280. The van der Waals surface area contributed by atoms with Crippen LogP contribution in [-0.4, -0.2) is 23.5 Å². The molecule has 0 aliphatic heterocycles. The van der Waals surface area contributed by atoms with Crippen molar-refractivity contribution in [1.29, 1.82) is 0 Å². The first-order valence-electron chi connectivity index (χ1n) is 11.2. The fourth-order valence-electron chi connectivity index (χ4n) is 4.23. The number of nitrogens with one attached hydrogen (secondary N) is 1. The van der Waals surface area contributed by atoms with Gasteiger partial charge in [-0.05, 0) is 79.8 Å². The molecule has 0 saturated carbocycles. The zero-order valence-electron chi connectivity index (χ0n) is 19.3. The number of carbonyl (C=O) groups excluding carboxylic acids is 1. The molecule has 0 fully saturated rings. The van der Waals surface area contributed by atoms with Crippen molar-refractivity contribution in [2.24, 2.45) is 0 Å². The van der Waals surface area contributed by atoms with Gasteiger partial charge in [-0.1, -0.05) is 24.3 Å². The number of anilines is 1. The molecule has 1 N–H and O–H groups in total. The van der Waals surface area contributed by atoms with Crippen LogP contribution in [-0.2, 0) is 13.0 Å². The minimum atomic E-state index is -0.138. The summed E-state index contributed by atoms with van der Waals surface area (Å²) in [7, 11) is 1.61. The first-order valence-corrected chi connectivity index (χ1v) is 11.7. The average molecular weight is 461 g/mol. The number of aromatic nitrogens is 1. The molecule has 1 aromatic heterocycles. The summed E-state index contributed by atoms with van der Waals surface area (Å²) in [6.07, 6.45) is 1.78. The van der Waals surface area contributed by atoms with E-state index in [-0.39, 0.29) is 5.91 Å². The van der Waals surface area contributed by atoms with E-state index in [1.54, 1.807) is 13.2 Å². The van der Waals surface area contributed by atoms with E-state index in [4.69, 9.17) is 16.3 Å². The minimum absolute atomic E-state index is 0.138. The molecule has 0 radical (unpaired) electrons. The molecule has 1 amide bonds. The maximum atomic E-state index is 12.6. The Kier molecular flexibility index (Phi) is 7.05. The average Bonchev–Trinajstić information content (AvgIpc) is 3.07. The van der Waals surface area contributed by atoms with Crippen molar-refractivity contribution in [2.45, 2.75) is 33.2 Å². The van der Waals surface area contributed by atoms with Crippen LogP contribution in [0, 0.1) is 13.8 Å². The molecule has 3 aromatic carbocycles. The molecule has 170 valence electrons. The second kappa shape index (κ2) is 10.1. The topological polar surface area (TPSA) is 43.3 Å². The van der Waals surface area contributed by atoms with Crippen LogP contribution in [0.25, 0.3) is 10.9 Å². The lowest BCUT2D eigenvalue weighted by atomic mass is 10.0. The van der Waals surface area contributed by atoms with Crippen molar-refractivity contribution in [3.63, 3.8) is 0 Å². The van der Waals surface area contributed by atoms with Crippen LogP contribution in [0.5, 0.6) is 5.75 Å². The van der Waals surface area contributed by atoms with E-state index in [0.29, 0.717) is 22.9 Å². The molecule has 4 nitrogen and oxygen atoms in total. The quantitative estimate of drug-likeness (QED) is 0.296. The van der Waals surface area contributed by atoms with Crippen LogP contribution in [0.1, 0.15) is 39.2 Å². The number of hydrogen-bond donors (Lipinski definition) is 1. The van der Waals surface area contributed by atoms with Gasteiger partial charge in [-0.2, -0.15) is 0 Å². The largest absolute Gasteiger partial charge is 0.497 e. The molecule has 0 aliphatic rings. The Balaban J connectivity index is 1.48. The molecule has 5 heteroatoms. The molecule has 4 rings (SSSR count). The number of methoxy groups -OCH3 is 1.